The van der Waals surface area contributed by atoms with E-state index in [1.54, 1.807) is 12.4 Å². The Bertz CT molecular complexity index is 1070. The molecule has 4 rings (SSSR count). The summed E-state index contributed by atoms with van der Waals surface area (Å²) in [6.07, 6.45) is 5.28. The maximum absolute atomic E-state index is 5.76. The standard InChI is InChI=1S/C19H19N7/c1-2-26-17(24-16-11-23-19(21)25-18(16)26)14-7-8-22-10-15(14)13-5-3-12(9-20)4-6-13/h3-8,10-11H,2,9,20H2,1H3,(H2,21,23,25). The predicted octanol–water partition coefficient (Wildman–Crippen LogP) is 2.62. The highest BCUT2D eigenvalue weighted by atomic mass is 15.2. The van der Waals surface area contributed by atoms with Crippen LogP contribution in [0, 0.1) is 0 Å². The van der Waals surface area contributed by atoms with E-state index in [2.05, 4.69) is 34.0 Å². The Balaban J connectivity index is 1.92. The first kappa shape index (κ1) is 16.2. The zero-order valence-corrected chi connectivity index (χ0v) is 14.4. The van der Waals surface area contributed by atoms with Crippen molar-refractivity contribution in [3.63, 3.8) is 0 Å². The summed E-state index contributed by atoms with van der Waals surface area (Å²) in [7, 11) is 0. The van der Waals surface area contributed by atoms with Gasteiger partial charge in [0, 0.05) is 36.6 Å². The summed E-state index contributed by atoms with van der Waals surface area (Å²) in [6, 6.07) is 10.1. The van der Waals surface area contributed by atoms with Crippen LogP contribution in [0.2, 0.25) is 0 Å². The Labute approximate surface area is 150 Å². The summed E-state index contributed by atoms with van der Waals surface area (Å²) in [4.78, 5) is 17.5. The normalized spacial score (nSPS) is 11.2. The second-order valence-electron chi connectivity index (χ2n) is 5.94. The van der Waals surface area contributed by atoms with Gasteiger partial charge in [-0.05, 0) is 24.1 Å². The molecule has 0 aliphatic heterocycles. The van der Waals surface area contributed by atoms with Gasteiger partial charge in [-0.25, -0.2) is 9.97 Å². The number of nitrogens with zero attached hydrogens (tertiary/aromatic N) is 5. The minimum Gasteiger partial charge on any atom is -0.368 e. The molecule has 0 saturated carbocycles. The number of nitrogen functional groups attached to an aromatic ring is 1. The molecule has 7 nitrogen and oxygen atoms in total. The Morgan fingerprint density at radius 3 is 2.54 bits per heavy atom. The molecule has 0 spiro atoms. The number of rotatable bonds is 4. The van der Waals surface area contributed by atoms with Gasteiger partial charge in [-0.2, -0.15) is 4.98 Å². The summed E-state index contributed by atoms with van der Waals surface area (Å²) in [6.45, 7) is 3.29. The van der Waals surface area contributed by atoms with Gasteiger partial charge in [0.05, 0.1) is 6.20 Å². The highest BCUT2D eigenvalue weighted by Gasteiger charge is 2.17. The van der Waals surface area contributed by atoms with Crippen molar-refractivity contribution in [3.8, 4) is 22.5 Å². The van der Waals surface area contributed by atoms with Crippen LogP contribution in [0.15, 0.2) is 48.9 Å². The summed E-state index contributed by atoms with van der Waals surface area (Å²) in [5.74, 6) is 1.06. The van der Waals surface area contributed by atoms with Gasteiger partial charge in [-0.3, -0.25) is 4.98 Å². The van der Waals surface area contributed by atoms with E-state index in [0.29, 0.717) is 6.54 Å². The molecule has 0 aliphatic rings. The van der Waals surface area contributed by atoms with Gasteiger partial charge in [0.15, 0.2) is 5.65 Å². The quantitative estimate of drug-likeness (QED) is 0.588. The number of hydrogen-bond acceptors (Lipinski definition) is 6. The first-order valence-electron chi connectivity index (χ1n) is 8.43. The van der Waals surface area contributed by atoms with Gasteiger partial charge in [-0.15, -0.1) is 0 Å². The van der Waals surface area contributed by atoms with Gasteiger partial charge < -0.3 is 16.0 Å². The third-order valence-electron chi connectivity index (χ3n) is 4.39. The van der Waals surface area contributed by atoms with Crippen molar-refractivity contribution < 1.29 is 0 Å². The molecule has 0 unspecified atom stereocenters. The lowest BCUT2D eigenvalue weighted by molar-refractivity contribution is 0.787. The second-order valence-corrected chi connectivity index (χ2v) is 5.94. The first-order valence-corrected chi connectivity index (χ1v) is 8.43. The van der Waals surface area contributed by atoms with Crippen LogP contribution in [0.5, 0.6) is 0 Å². The van der Waals surface area contributed by atoms with Gasteiger partial charge in [0.2, 0.25) is 5.95 Å². The molecule has 0 amide bonds. The van der Waals surface area contributed by atoms with Crippen LogP contribution in [0.3, 0.4) is 0 Å². The predicted molar refractivity (Wildman–Crippen MR) is 102 cm³/mol. The van der Waals surface area contributed by atoms with Crippen molar-refractivity contribution in [2.75, 3.05) is 5.73 Å². The molecule has 1 aromatic carbocycles. The Hall–Kier alpha value is -3.32. The number of pyridine rings is 1. The summed E-state index contributed by atoms with van der Waals surface area (Å²) >= 11 is 0. The van der Waals surface area contributed by atoms with Crippen molar-refractivity contribution in [2.45, 2.75) is 20.0 Å². The Kier molecular flexibility index (Phi) is 4.06. The molecule has 7 heteroatoms. The summed E-state index contributed by atoms with van der Waals surface area (Å²) in [5.41, 5.74) is 17.1. The van der Waals surface area contributed by atoms with Gasteiger partial charge in [0.25, 0.3) is 0 Å². The van der Waals surface area contributed by atoms with Crippen LogP contribution in [0.25, 0.3) is 33.7 Å². The molecule has 130 valence electrons. The minimum absolute atomic E-state index is 0.242. The lowest BCUT2D eigenvalue weighted by Gasteiger charge is -2.11. The molecular formula is C19H19N7. The fraction of sp³-hybridized carbons (Fsp3) is 0.158. The maximum Gasteiger partial charge on any atom is 0.222 e. The van der Waals surface area contributed by atoms with Crippen LogP contribution >= 0.6 is 0 Å². The zero-order valence-electron chi connectivity index (χ0n) is 14.4. The van der Waals surface area contributed by atoms with E-state index in [4.69, 9.17) is 16.5 Å². The minimum atomic E-state index is 0.242. The van der Waals surface area contributed by atoms with Crippen LogP contribution < -0.4 is 11.5 Å². The van der Waals surface area contributed by atoms with E-state index in [0.717, 1.165) is 45.8 Å². The van der Waals surface area contributed by atoms with Crippen LogP contribution in [-0.2, 0) is 13.1 Å². The first-order chi connectivity index (χ1) is 12.7. The molecule has 0 aliphatic carbocycles. The lowest BCUT2D eigenvalue weighted by Crippen LogP contribution is -2.02. The number of aryl methyl sites for hydroxylation is 1. The lowest BCUT2D eigenvalue weighted by atomic mass is 10.0. The second kappa shape index (κ2) is 6.53. The van der Waals surface area contributed by atoms with E-state index in [-0.39, 0.29) is 5.95 Å². The highest BCUT2D eigenvalue weighted by Crippen LogP contribution is 2.32. The van der Waals surface area contributed by atoms with E-state index < -0.39 is 0 Å². The van der Waals surface area contributed by atoms with E-state index in [1.165, 1.54) is 0 Å². The van der Waals surface area contributed by atoms with Gasteiger partial charge in [-0.1, -0.05) is 24.3 Å². The monoisotopic (exact) mass is 345 g/mol. The van der Waals surface area contributed by atoms with Crippen molar-refractivity contribution >= 4 is 17.1 Å². The highest BCUT2D eigenvalue weighted by molar-refractivity contribution is 5.84. The van der Waals surface area contributed by atoms with E-state index in [1.807, 2.05) is 29.0 Å². The van der Waals surface area contributed by atoms with Gasteiger partial charge in [0.1, 0.15) is 11.3 Å². The average Bonchev–Trinajstić information content (AvgIpc) is 3.05. The van der Waals surface area contributed by atoms with Crippen molar-refractivity contribution in [1.82, 2.24) is 24.5 Å². The molecule has 0 fully saturated rings. The average molecular weight is 345 g/mol. The third kappa shape index (κ3) is 2.68. The van der Waals surface area contributed by atoms with E-state index in [9.17, 15) is 0 Å². The van der Waals surface area contributed by atoms with Crippen LogP contribution in [-0.4, -0.2) is 24.5 Å². The van der Waals surface area contributed by atoms with Crippen LogP contribution in [0.1, 0.15) is 12.5 Å². The molecule has 26 heavy (non-hydrogen) atoms. The number of nitrogens with two attached hydrogens (primary N) is 2. The van der Waals surface area contributed by atoms with Crippen molar-refractivity contribution in [1.29, 1.82) is 0 Å². The fourth-order valence-corrected chi connectivity index (χ4v) is 3.08. The molecule has 4 N–H and O–H groups in total. The number of hydrogen-bond donors (Lipinski definition) is 2. The van der Waals surface area contributed by atoms with Crippen molar-refractivity contribution in [3.05, 3.63) is 54.5 Å². The number of benzene rings is 1. The molecule has 0 bridgehead atoms. The zero-order chi connectivity index (χ0) is 18.1. The fourth-order valence-electron chi connectivity index (χ4n) is 3.08. The SMILES string of the molecule is CCn1c(-c2ccncc2-c2ccc(CN)cc2)nc2cnc(N)nc21. The molecule has 4 aromatic rings. The number of aromatic nitrogens is 5. The number of imidazole rings is 1. The van der Waals surface area contributed by atoms with Crippen LogP contribution in [0.4, 0.5) is 5.95 Å². The molecule has 3 aromatic heterocycles. The summed E-state index contributed by atoms with van der Waals surface area (Å²) in [5, 5.41) is 0. The van der Waals surface area contributed by atoms with Crippen molar-refractivity contribution in [2.24, 2.45) is 5.73 Å². The third-order valence-corrected chi connectivity index (χ3v) is 4.39. The number of fused-ring (bicyclic) bond motifs is 1. The largest absolute Gasteiger partial charge is 0.368 e. The summed E-state index contributed by atoms with van der Waals surface area (Å²) < 4.78 is 2.04. The van der Waals surface area contributed by atoms with Gasteiger partial charge >= 0.3 is 0 Å². The maximum atomic E-state index is 5.76. The van der Waals surface area contributed by atoms with E-state index >= 15 is 0 Å². The Morgan fingerprint density at radius 2 is 1.81 bits per heavy atom. The molecule has 0 radical (unpaired) electrons. The molecule has 0 atom stereocenters. The molecule has 3 heterocycles. The topological polar surface area (TPSA) is 109 Å². The molecule has 0 saturated heterocycles. The smallest absolute Gasteiger partial charge is 0.222 e. The molecular weight excluding hydrogens is 326 g/mol. The Morgan fingerprint density at radius 1 is 1.00 bits per heavy atom. The number of anilines is 1.